The second-order valence-corrected chi connectivity index (χ2v) is 17.3. The van der Waals surface area contributed by atoms with E-state index in [2.05, 4.69) is 111 Å². The fourth-order valence-corrected chi connectivity index (χ4v) is 8.74. The van der Waals surface area contributed by atoms with Crippen molar-refractivity contribution < 1.29 is 9.59 Å². The van der Waals surface area contributed by atoms with Gasteiger partial charge in [-0.2, -0.15) is 0 Å². The van der Waals surface area contributed by atoms with Gasteiger partial charge in [-0.25, -0.2) is 0 Å². The molecule has 6 aromatic rings. The molecule has 8 nitrogen and oxygen atoms in total. The summed E-state index contributed by atoms with van der Waals surface area (Å²) in [5, 5.41) is 7.16. The molecule has 2 fully saturated rings. The maximum absolute atomic E-state index is 13.1. The maximum atomic E-state index is 13.1. The van der Waals surface area contributed by atoms with Crippen LogP contribution in [-0.2, 0) is 35.3 Å². The van der Waals surface area contributed by atoms with Crippen molar-refractivity contribution in [2.45, 2.75) is 25.7 Å². The van der Waals surface area contributed by atoms with Crippen molar-refractivity contribution in [1.82, 2.24) is 19.6 Å². The number of hydrogen-bond acceptors (Lipinski definition) is 6. The summed E-state index contributed by atoms with van der Waals surface area (Å²) in [5.41, 5.74) is 7.17. The highest BCUT2D eigenvalue weighted by Gasteiger charge is 2.28. The molecule has 0 spiro atoms. The van der Waals surface area contributed by atoms with E-state index in [9.17, 15) is 9.59 Å². The van der Waals surface area contributed by atoms with Crippen molar-refractivity contribution in [2.75, 3.05) is 89.2 Å². The third-order valence-corrected chi connectivity index (χ3v) is 12.3. The predicted octanol–water partition coefficient (Wildman–Crippen LogP) is 8.69. The van der Waals surface area contributed by atoms with Crippen LogP contribution in [0.15, 0.2) is 182 Å². The molecule has 2 amide bonds. The van der Waals surface area contributed by atoms with E-state index in [-0.39, 0.29) is 17.7 Å². The second-order valence-electron chi connectivity index (χ2n) is 17.3. The van der Waals surface area contributed by atoms with E-state index < -0.39 is 0 Å². The number of carbonyl (C=O) groups is 2. The molecule has 0 unspecified atom stereocenters. The Morgan fingerprint density at radius 3 is 1.06 bits per heavy atom. The van der Waals surface area contributed by atoms with E-state index in [1.54, 1.807) is 0 Å². The van der Waals surface area contributed by atoms with Gasteiger partial charge < -0.3 is 30.2 Å². The molecule has 8 rings (SSSR count). The number of nitrogens with one attached hydrogen (secondary N) is 2. The number of rotatable bonds is 16. The van der Waals surface area contributed by atoms with Gasteiger partial charge in [-0.3, -0.25) is 9.59 Å². The van der Waals surface area contributed by atoms with E-state index in [4.69, 9.17) is 0 Å². The normalized spacial score (nSPS) is 15.3. The smallest absolute Gasteiger partial charge is 0.227 e. The van der Waals surface area contributed by atoms with Gasteiger partial charge in [-0.15, -0.1) is 0 Å². The molecule has 6 aromatic carbocycles. The Kier molecular flexibility index (Phi) is 18.0. The van der Waals surface area contributed by atoms with Gasteiger partial charge in [0.1, 0.15) is 0 Å². The van der Waals surface area contributed by atoms with Crippen LogP contribution in [0.2, 0.25) is 0 Å². The molecular formula is C56H66N6O2. The zero-order chi connectivity index (χ0) is 44.0. The summed E-state index contributed by atoms with van der Waals surface area (Å²) in [6.07, 6.45) is 3.03. The van der Waals surface area contributed by atoms with Gasteiger partial charge in [-0.05, 0) is 59.4 Å². The lowest BCUT2D eigenvalue weighted by Crippen LogP contribution is -2.38. The number of para-hydroxylation sites is 2. The fourth-order valence-electron chi connectivity index (χ4n) is 8.74. The van der Waals surface area contributed by atoms with E-state index >= 15 is 0 Å². The Bertz CT molecular complexity index is 2100. The lowest BCUT2D eigenvalue weighted by molar-refractivity contribution is -0.132. The van der Waals surface area contributed by atoms with Crippen LogP contribution in [0.25, 0.3) is 0 Å². The third-order valence-electron chi connectivity index (χ3n) is 12.3. The van der Waals surface area contributed by atoms with Gasteiger partial charge in [0.2, 0.25) is 11.8 Å². The first kappa shape index (κ1) is 45.8. The Morgan fingerprint density at radius 1 is 0.391 bits per heavy atom. The molecular weight excluding hydrogens is 789 g/mol. The molecule has 2 heterocycles. The Balaban J connectivity index is 0.000000192. The zero-order valence-corrected chi connectivity index (χ0v) is 37.4. The molecule has 2 aliphatic heterocycles. The number of hydrogen-bond donors (Lipinski definition) is 2. The van der Waals surface area contributed by atoms with Crippen LogP contribution in [-0.4, -0.2) is 110 Å². The number of amides is 2. The molecule has 2 aliphatic rings. The first-order chi connectivity index (χ1) is 31.5. The van der Waals surface area contributed by atoms with E-state index in [0.29, 0.717) is 51.5 Å². The van der Waals surface area contributed by atoms with Crippen LogP contribution in [0, 0.1) is 11.8 Å². The monoisotopic (exact) mass is 855 g/mol. The fraction of sp³-hybridized carbons (Fsp3) is 0.321. The lowest BCUT2D eigenvalue weighted by atomic mass is 10.1. The van der Waals surface area contributed by atoms with Crippen molar-refractivity contribution in [2.24, 2.45) is 11.8 Å². The minimum absolute atomic E-state index is 0.114. The molecule has 2 N–H and O–H groups in total. The van der Waals surface area contributed by atoms with Crippen molar-refractivity contribution >= 4 is 23.2 Å². The molecule has 0 aliphatic carbocycles. The van der Waals surface area contributed by atoms with Gasteiger partial charge in [-0.1, -0.05) is 158 Å². The van der Waals surface area contributed by atoms with Crippen molar-refractivity contribution in [1.29, 1.82) is 0 Å². The highest BCUT2D eigenvalue weighted by molar-refractivity contribution is 5.80. The molecule has 332 valence electrons. The Morgan fingerprint density at radius 2 is 0.703 bits per heavy atom. The van der Waals surface area contributed by atoms with Crippen molar-refractivity contribution in [3.8, 4) is 0 Å². The average molecular weight is 855 g/mol. The van der Waals surface area contributed by atoms with E-state index in [0.717, 1.165) is 75.5 Å². The summed E-state index contributed by atoms with van der Waals surface area (Å²) in [4.78, 5) is 35.4. The topological polar surface area (TPSA) is 71.2 Å². The minimum Gasteiger partial charge on any atom is -0.385 e. The summed E-state index contributed by atoms with van der Waals surface area (Å²) in [5.74, 6) is 0.993. The number of nitrogens with zero attached hydrogens (tertiary/aromatic N) is 4. The highest BCUT2D eigenvalue weighted by atomic mass is 16.2. The van der Waals surface area contributed by atoms with Crippen LogP contribution in [0.3, 0.4) is 0 Å². The largest absolute Gasteiger partial charge is 0.385 e. The van der Waals surface area contributed by atoms with Crippen LogP contribution in [0.5, 0.6) is 0 Å². The van der Waals surface area contributed by atoms with Crippen LogP contribution in [0.1, 0.15) is 22.3 Å². The maximum Gasteiger partial charge on any atom is 0.227 e. The first-order valence-electron chi connectivity index (χ1n) is 23.3. The quantitative estimate of drug-likeness (QED) is 0.102. The summed E-state index contributed by atoms with van der Waals surface area (Å²) in [6.45, 7) is 11.0. The molecule has 64 heavy (non-hydrogen) atoms. The van der Waals surface area contributed by atoms with Crippen LogP contribution in [0.4, 0.5) is 11.4 Å². The van der Waals surface area contributed by atoms with Crippen molar-refractivity contribution in [3.05, 3.63) is 204 Å². The first-order valence-corrected chi connectivity index (χ1v) is 23.3. The molecule has 0 radical (unpaired) electrons. The van der Waals surface area contributed by atoms with Crippen LogP contribution < -0.4 is 10.6 Å². The third kappa shape index (κ3) is 15.5. The lowest BCUT2D eigenvalue weighted by Gasteiger charge is -2.25. The molecule has 0 saturated carbocycles. The van der Waals surface area contributed by atoms with E-state index in [1.165, 1.54) is 16.8 Å². The summed E-state index contributed by atoms with van der Waals surface area (Å²) >= 11 is 0. The summed E-state index contributed by atoms with van der Waals surface area (Å²) in [6, 6.07) is 62.2. The average Bonchev–Trinajstić information content (AvgIpc) is 3.70. The Labute approximate surface area is 381 Å². The van der Waals surface area contributed by atoms with Gasteiger partial charge in [0.15, 0.2) is 0 Å². The van der Waals surface area contributed by atoms with Gasteiger partial charge >= 0.3 is 0 Å². The SMILES string of the molecule is O=C(Cc1ccccc1)N1CCN(C(=O)Cc2ccccc2)CC(CNc2ccccc2)C1.c1ccc(CCN2CCN(CCc3ccccc3)CC(CNc3ccccc3)C2)cc1. The molecule has 0 atom stereocenters. The molecule has 2 saturated heterocycles. The summed E-state index contributed by atoms with van der Waals surface area (Å²) < 4.78 is 0. The standard InChI is InChI=1S/C28H31N3O2.C28H35N3/c32-27(18-23-10-4-1-5-11-23)30-16-17-31(28(33)19-24-12-6-2-7-13-24)22-25(21-30)20-29-26-14-8-3-9-15-26;1-4-10-25(11-5-1)16-18-30-20-21-31(19-17-26-12-6-2-7-13-26)24-27(23-30)22-29-28-14-8-3-9-15-28/h1-15,25,29H,16-22H2;1-15,27,29H,16-24H2. The Hall–Kier alpha value is -6.22. The van der Waals surface area contributed by atoms with E-state index in [1.807, 2.05) is 101 Å². The number of anilines is 2. The molecule has 0 bridgehead atoms. The van der Waals surface area contributed by atoms with Gasteiger partial charge in [0.25, 0.3) is 0 Å². The van der Waals surface area contributed by atoms with Crippen LogP contribution >= 0.6 is 0 Å². The number of carbonyl (C=O) groups excluding carboxylic acids is 2. The molecule has 0 aromatic heterocycles. The zero-order valence-electron chi connectivity index (χ0n) is 37.4. The predicted molar refractivity (Wildman–Crippen MR) is 263 cm³/mol. The summed E-state index contributed by atoms with van der Waals surface area (Å²) in [7, 11) is 0. The van der Waals surface area contributed by atoms with Gasteiger partial charge in [0.05, 0.1) is 12.8 Å². The number of benzene rings is 6. The highest BCUT2D eigenvalue weighted by Crippen LogP contribution is 2.18. The van der Waals surface area contributed by atoms with Gasteiger partial charge in [0, 0.05) is 102 Å². The van der Waals surface area contributed by atoms with Crippen molar-refractivity contribution in [3.63, 3.8) is 0 Å². The minimum atomic E-state index is 0.114. The second kappa shape index (κ2) is 25.2. The molecule has 8 heteroatoms.